The van der Waals surface area contributed by atoms with Gasteiger partial charge in [0.15, 0.2) is 0 Å². The van der Waals surface area contributed by atoms with Crippen molar-refractivity contribution in [3.63, 3.8) is 0 Å². The first-order valence-electron chi connectivity index (χ1n) is 6.09. The predicted molar refractivity (Wildman–Crippen MR) is 67.8 cm³/mol. The van der Waals surface area contributed by atoms with E-state index in [-0.39, 0.29) is 24.2 Å². The normalized spacial score (nSPS) is 23.1. The molecule has 2 N–H and O–H groups in total. The van der Waals surface area contributed by atoms with Crippen LogP contribution in [0.5, 0.6) is 0 Å². The standard InChI is InChI=1S/C12H20N4O2/c1-9-5-15(8-12(2,3)18-9)11(17)7-16-6-10(13)4-14-16/h4,6,9H,5,7-8,13H2,1-3H3. The van der Waals surface area contributed by atoms with Crippen LogP contribution >= 0.6 is 0 Å². The molecule has 6 heteroatoms. The molecule has 1 amide bonds. The monoisotopic (exact) mass is 252 g/mol. The van der Waals surface area contributed by atoms with Gasteiger partial charge in [-0.2, -0.15) is 5.10 Å². The van der Waals surface area contributed by atoms with E-state index in [0.717, 1.165) is 0 Å². The summed E-state index contributed by atoms with van der Waals surface area (Å²) in [6.07, 6.45) is 3.26. The van der Waals surface area contributed by atoms with Gasteiger partial charge < -0.3 is 15.4 Å². The second-order valence-corrected chi connectivity index (χ2v) is 5.43. The predicted octanol–water partition coefficient (Wildman–Crippen LogP) is 0.491. The third-order valence-electron chi connectivity index (χ3n) is 2.87. The van der Waals surface area contributed by atoms with Crippen LogP contribution in [0.15, 0.2) is 12.4 Å². The van der Waals surface area contributed by atoms with Crippen LogP contribution in [0.25, 0.3) is 0 Å². The number of amides is 1. The lowest BCUT2D eigenvalue weighted by Crippen LogP contribution is -2.54. The molecule has 1 atom stereocenters. The van der Waals surface area contributed by atoms with E-state index >= 15 is 0 Å². The number of rotatable bonds is 2. The summed E-state index contributed by atoms with van der Waals surface area (Å²) in [6, 6.07) is 0. The largest absolute Gasteiger partial charge is 0.396 e. The minimum atomic E-state index is -0.295. The number of carbonyl (C=O) groups excluding carboxylic acids is 1. The molecule has 2 rings (SSSR count). The lowest BCUT2D eigenvalue weighted by Gasteiger charge is -2.41. The first-order chi connectivity index (χ1) is 8.35. The van der Waals surface area contributed by atoms with Gasteiger partial charge in [0.1, 0.15) is 6.54 Å². The van der Waals surface area contributed by atoms with Gasteiger partial charge in [0.05, 0.1) is 23.6 Å². The third-order valence-corrected chi connectivity index (χ3v) is 2.87. The lowest BCUT2D eigenvalue weighted by molar-refractivity contribution is -0.158. The van der Waals surface area contributed by atoms with Crippen LogP contribution in [-0.2, 0) is 16.1 Å². The number of morpholine rings is 1. The van der Waals surface area contributed by atoms with Crippen molar-refractivity contribution in [2.75, 3.05) is 18.8 Å². The number of nitrogens with zero attached hydrogens (tertiary/aromatic N) is 3. The average molecular weight is 252 g/mol. The number of nitrogens with two attached hydrogens (primary N) is 1. The number of anilines is 1. The van der Waals surface area contributed by atoms with E-state index in [9.17, 15) is 4.79 Å². The SMILES string of the molecule is CC1CN(C(=O)Cn2cc(N)cn2)CC(C)(C)O1. The van der Waals surface area contributed by atoms with Crippen LogP contribution in [0.1, 0.15) is 20.8 Å². The van der Waals surface area contributed by atoms with E-state index in [1.165, 1.54) is 0 Å². The van der Waals surface area contributed by atoms with Gasteiger partial charge in [-0.1, -0.05) is 0 Å². The number of hydrogen-bond donors (Lipinski definition) is 1. The van der Waals surface area contributed by atoms with Crippen molar-refractivity contribution in [2.45, 2.75) is 39.0 Å². The number of carbonyl (C=O) groups is 1. The van der Waals surface area contributed by atoms with Crippen molar-refractivity contribution in [1.82, 2.24) is 14.7 Å². The Hall–Kier alpha value is -1.56. The van der Waals surface area contributed by atoms with Crippen molar-refractivity contribution >= 4 is 11.6 Å². The summed E-state index contributed by atoms with van der Waals surface area (Å²) in [7, 11) is 0. The zero-order valence-electron chi connectivity index (χ0n) is 11.1. The van der Waals surface area contributed by atoms with Crippen LogP contribution in [0.4, 0.5) is 5.69 Å². The quantitative estimate of drug-likeness (QED) is 0.831. The zero-order chi connectivity index (χ0) is 13.3. The van der Waals surface area contributed by atoms with E-state index in [2.05, 4.69) is 5.10 Å². The Morgan fingerprint density at radius 3 is 2.94 bits per heavy atom. The molecular weight excluding hydrogens is 232 g/mol. The molecule has 0 aliphatic carbocycles. The highest BCUT2D eigenvalue weighted by atomic mass is 16.5. The van der Waals surface area contributed by atoms with Gasteiger partial charge in [-0.15, -0.1) is 0 Å². The minimum Gasteiger partial charge on any atom is -0.396 e. The maximum absolute atomic E-state index is 12.2. The molecule has 6 nitrogen and oxygen atoms in total. The molecule has 1 unspecified atom stereocenters. The van der Waals surface area contributed by atoms with Crippen molar-refractivity contribution in [3.05, 3.63) is 12.4 Å². The zero-order valence-corrected chi connectivity index (χ0v) is 11.1. The van der Waals surface area contributed by atoms with Gasteiger partial charge in [0, 0.05) is 19.3 Å². The highest BCUT2D eigenvalue weighted by Gasteiger charge is 2.33. The summed E-state index contributed by atoms with van der Waals surface area (Å²) in [5.74, 6) is 0.0429. The highest BCUT2D eigenvalue weighted by molar-refractivity contribution is 5.76. The van der Waals surface area contributed by atoms with Crippen LogP contribution in [-0.4, -0.2) is 45.4 Å². The molecule has 1 saturated heterocycles. The molecule has 1 aliphatic heterocycles. The summed E-state index contributed by atoms with van der Waals surface area (Å²) in [5, 5.41) is 4.02. The van der Waals surface area contributed by atoms with E-state index in [1.807, 2.05) is 25.7 Å². The number of ether oxygens (including phenoxy) is 1. The highest BCUT2D eigenvalue weighted by Crippen LogP contribution is 2.20. The summed E-state index contributed by atoms with van der Waals surface area (Å²) in [5.41, 5.74) is 5.84. The Balaban J connectivity index is 2.00. The van der Waals surface area contributed by atoms with Crippen LogP contribution in [0, 0.1) is 0 Å². The van der Waals surface area contributed by atoms with Gasteiger partial charge in [-0.05, 0) is 20.8 Å². The Kier molecular flexibility index (Phi) is 3.30. The first kappa shape index (κ1) is 12.9. The fourth-order valence-corrected chi connectivity index (χ4v) is 2.35. The first-order valence-corrected chi connectivity index (χ1v) is 6.09. The second kappa shape index (κ2) is 4.61. The van der Waals surface area contributed by atoms with Gasteiger partial charge in [-0.25, -0.2) is 0 Å². The van der Waals surface area contributed by atoms with Gasteiger partial charge in [-0.3, -0.25) is 9.48 Å². The van der Waals surface area contributed by atoms with E-state index < -0.39 is 0 Å². The van der Waals surface area contributed by atoms with E-state index in [0.29, 0.717) is 18.8 Å². The topological polar surface area (TPSA) is 73.4 Å². The van der Waals surface area contributed by atoms with Crippen molar-refractivity contribution in [2.24, 2.45) is 0 Å². The third kappa shape index (κ3) is 3.01. The second-order valence-electron chi connectivity index (χ2n) is 5.43. The maximum Gasteiger partial charge on any atom is 0.244 e. The van der Waals surface area contributed by atoms with Gasteiger partial charge in [0.25, 0.3) is 0 Å². The molecule has 0 bridgehead atoms. The lowest BCUT2D eigenvalue weighted by atomic mass is 10.1. The molecule has 1 aliphatic rings. The van der Waals surface area contributed by atoms with E-state index in [1.54, 1.807) is 17.1 Å². The minimum absolute atomic E-state index is 0.0429. The number of aromatic nitrogens is 2. The average Bonchev–Trinajstić information content (AvgIpc) is 2.60. The van der Waals surface area contributed by atoms with Crippen LogP contribution in [0.3, 0.4) is 0 Å². The van der Waals surface area contributed by atoms with Crippen LogP contribution in [0.2, 0.25) is 0 Å². The van der Waals surface area contributed by atoms with E-state index in [4.69, 9.17) is 10.5 Å². The summed E-state index contributed by atoms with van der Waals surface area (Å²) >= 11 is 0. The molecule has 18 heavy (non-hydrogen) atoms. The smallest absolute Gasteiger partial charge is 0.244 e. The molecular formula is C12H20N4O2. The Morgan fingerprint density at radius 1 is 1.67 bits per heavy atom. The molecule has 0 spiro atoms. The number of hydrogen-bond acceptors (Lipinski definition) is 4. The Morgan fingerprint density at radius 2 is 2.39 bits per heavy atom. The molecule has 0 aromatic carbocycles. The summed E-state index contributed by atoms with van der Waals surface area (Å²) in [6.45, 7) is 7.42. The number of nitrogen functional groups attached to an aromatic ring is 1. The van der Waals surface area contributed by atoms with Crippen molar-refractivity contribution < 1.29 is 9.53 Å². The molecule has 1 aromatic heterocycles. The van der Waals surface area contributed by atoms with Gasteiger partial charge >= 0.3 is 0 Å². The molecule has 1 fully saturated rings. The van der Waals surface area contributed by atoms with Crippen LogP contribution < -0.4 is 5.73 Å². The van der Waals surface area contributed by atoms with Crippen molar-refractivity contribution in [3.8, 4) is 0 Å². The molecule has 100 valence electrons. The Labute approximate surface area is 107 Å². The van der Waals surface area contributed by atoms with Crippen molar-refractivity contribution in [1.29, 1.82) is 0 Å². The maximum atomic E-state index is 12.2. The summed E-state index contributed by atoms with van der Waals surface area (Å²) < 4.78 is 7.33. The fraction of sp³-hybridized carbons (Fsp3) is 0.667. The van der Waals surface area contributed by atoms with Gasteiger partial charge in [0.2, 0.25) is 5.91 Å². The molecule has 1 aromatic rings. The molecule has 2 heterocycles. The summed E-state index contributed by atoms with van der Waals surface area (Å²) in [4.78, 5) is 14.0. The molecule has 0 saturated carbocycles. The fourth-order valence-electron chi connectivity index (χ4n) is 2.35. The Bertz CT molecular complexity index is 441. The molecule has 0 radical (unpaired) electrons.